The Morgan fingerprint density at radius 2 is 2.00 bits per heavy atom. The number of ether oxygens (including phenoxy) is 4. The summed E-state index contributed by atoms with van der Waals surface area (Å²) in [6.45, 7) is 5.42. The molecule has 29 heavy (non-hydrogen) atoms. The first-order valence-corrected chi connectivity index (χ1v) is 9.41. The average molecular weight is 398 g/mol. The van der Waals surface area contributed by atoms with Gasteiger partial charge in [0.15, 0.2) is 11.5 Å². The Balaban J connectivity index is 1.94. The molecule has 0 aromatic heterocycles. The Kier molecular flexibility index (Phi) is 7.10. The van der Waals surface area contributed by atoms with Gasteiger partial charge in [-0.1, -0.05) is 30.9 Å². The number of rotatable bonds is 9. The van der Waals surface area contributed by atoms with Crippen molar-refractivity contribution in [1.29, 1.82) is 0 Å². The first kappa shape index (κ1) is 20.7. The van der Waals surface area contributed by atoms with Crippen LogP contribution in [0.4, 0.5) is 5.69 Å². The molecule has 1 heterocycles. The maximum absolute atomic E-state index is 13.1. The molecule has 1 atom stereocenters. The number of hydrogen-bond donors (Lipinski definition) is 1. The lowest BCUT2D eigenvalue weighted by Gasteiger charge is -2.28. The molecule has 3 rings (SSSR count). The van der Waals surface area contributed by atoms with E-state index in [1.165, 1.54) is 7.11 Å². The first-order chi connectivity index (χ1) is 14.1. The fourth-order valence-electron chi connectivity index (χ4n) is 3.04. The van der Waals surface area contributed by atoms with Crippen LogP contribution in [0, 0.1) is 0 Å². The van der Waals surface area contributed by atoms with E-state index in [0.717, 1.165) is 5.56 Å². The summed E-state index contributed by atoms with van der Waals surface area (Å²) < 4.78 is 22.1. The number of nitrogens with two attached hydrogens (primary N) is 1. The van der Waals surface area contributed by atoms with Gasteiger partial charge in [-0.15, -0.1) is 0 Å². The smallest absolute Gasteiger partial charge is 0.246 e. The Labute approximate surface area is 170 Å². The topological polar surface area (TPSA) is 83.3 Å². The summed E-state index contributed by atoms with van der Waals surface area (Å²) in [6.07, 6.45) is 1.68. The number of methoxy groups -OCH3 is 1. The summed E-state index contributed by atoms with van der Waals surface area (Å²) in [5.74, 6) is 1.68. The molecule has 0 saturated carbocycles. The fourth-order valence-corrected chi connectivity index (χ4v) is 3.04. The number of hydrogen-bond acceptors (Lipinski definition) is 6. The van der Waals surface area contributed by atoms with E-state index in [0.29, 0.717) is 42.8 Å². The zero-order valence-electron chi connectivity index (χ0n) is 16.5. The van der Waals surface area contributed by atoms with Crippen molar-refractivity contribution in [3.05, 3.63) is 60.7 Å². The van der Waals surface area contributed by atoms with E-state index in [1.54, 1.807) is 23.1 Å². The van der Waals surface area contributed by atoms with E-state index in [-0.39, 0.29) is 19.1 Å². The van der Waals surface area contributed by atoms with Gasteiger partial charge in [0.25, 0.3) is 0 Å². The molecule has 154 valence electrons. The highest BCUT2D eigenvalue weighted by atomic mass is 16.6. The summed E-state index contributed by atoms with van der Waals surface area (Å²) >= 11 is 0. The highest BCUT2D eigenvalue weighted by molar-refractivity contribution is 5.97. The zero-order valence-corrected chi connectivity index (χ0v) is 16.5. The molecule has 0 spiro atoms. The summed E-state index contributed by atoms with van der Waals surface area (Å²) in [4.78, 5) is 14.7. The second-order valence-corrected chi connectivity index (χ2v) is 6.52. The fraction of sp³-hybridized carbons (Fsp3) is 0.318. The second kappa shape index (κ2) is 9.95. The number of carbonyl (C=O) groups excluding carboxylic acids is 1. The van der Waals surface area contributed by atoms with E-state index in [9.17, 15) is 4.79 Å². The van der Waals surface area contributed by atoms with Gasteiger partial charge in [-0.05, 0) is 18.2 Å². The van der Waals surface area contributed by atoms with E-state index < -0.39 is 6.04 Å². The number of amides is 1. The van der Waals surface area contributed by atoms with E-state index >= 15 is 0 Å². The molecule has 2 aromatic rings. The summed E-state index contributed by atoms with van der Waals surface area (Å²) in [5, 5.41) is 0. The second-order valence-electron chi connectivity index (χ2n) is 6.52. The van der Waals surface area contributed by atoms with Crippen LogP contribution in [0.3, 0.4) is 0 Å². The monoisotopic (exact) mass is 398 g/mol. The molecule has 2 aromatic carbocycles. The number of para-hydroxylation sites is 1. The minimum Gasteiger partial charge on any atom is -0.489 e. The summed E-state index contributed by atoms with van der Waals surface area (Å²) in [6, 6.07) is 12.2. The molecule has 1 aliphatic rings. The van der Waals surface area contributed by atoms with Crippen molar-refractivity contribution in [2.24, 2.45) is 5.73 Å². The molecular weight excluding hydrogens is 372 g/mol. The van der Waals surface area contributed by atoms with Crippen molar-refractivity contribution in [2.75, 3.05) is 38.4 Å². The van der Waals surface area contributed by atoms with Crippen molar-refractivity contribution in [2.45, 2.75) is 12.6 Å². The van der Waals surface area contributed by atoms with Crippen molar-refractivity contribution in [3.8, 4) is 17.2 Å². The maximum Gasteiger partial charge on any atom is 0.246 e. The lowest BCUT2D eigenvalue weighted by atomic mass is 10.1. The van der Waals surface area contributed by atoms with Gasteiger partial charge in [0, 0.05) is 24.4 Å². The molecule has 2 N–H and O–H groups in total. The molecule has 7 heteroatoms. The predicted molar refractivity (Wildman–Crippen MR) is 111 cm³/mol. The van der Waals surface area contributed by atoms with Crippen molar-refractivity contribution >= 4 is 11.6 Å². The Hall–Kier alpha value is -3.03. The van der Waals surface area contributed by atoms with Gasteiger partial charge in [0.1, 0.15) is 31.6 Å². The molecule has 0 saturated heterocycles. The minimum atomic E-state index is -0.797. The highest BCUT2D eigenvalue weighted by Gasteiger charge is 2.25. The first-order valence-electron chi connectivity index (χ1n) is 9.41. The number of carbonyl (C=O) groups is 1. The molecule has 1 amide bonds. The van der Waals surface area contributed by atoms with Gasteiger partial charge < -0.3 is 29.6 Å². The van der Waals surface area contributed by atoms with Crippen LogP contribution in [0.2, 0.25) is 0 Å². The molecule has 0 aliphatic carbocycles. The highest BCUT2D eigenvalue weighted by Crippen LogP contribution is 2.35. The Morgan fingerprint density at radius 1 is 1.24 bits per heavy atom. The maximum atomic E-state index is 13.1. The zero-order chi connectivity index (χ0) is 20.6. The van der Waals surface area contributed by atoms with Crippen LogP contribution >= 0.6 is 0 Å². The van der Waals surface area contributed by atoms with E-state index in [4.69, 9.17) is 24.7 Å². The van der Waals surface area contributed by atoms with Crippen LogP contribution in [-0.2, 0) is 16.1 Å². The molecule has 7 nitrogen and oxygen atoms in total. The largest absolute Gasteiger partial charge is 0.489 e. The van der Waals surface area contributed by atoms with Crippen LogP contribution < -0.4 is 24.8 Å². The Bertz CT molecular complexity index is 855. The van der Waals surface area contributed by atoms with Crippen LogP contribution in [0.15, 0.2) is 55.1 Å². The third-order valence-corrected chi connectivity index (χ3v) is 4.42. The van der Waals surface area contributed by atoms with Crippen LogP contribution in [-0.4, -0.2) is 45.5 Å². The standard InChI is InChI=1S/C22H26N2O5/c1-3-10-27-19-7-5-4-6-16(19)14-24(22(25)18(23)15-26-2)17-8-9-20-21(13-17)29-12-11-28-20/h3-9,13,18H,1,10-12,14-15,23H2,2H3. The molecule has 0 fully saturated rings. The van der Waals surface area contributed by atoms with Crippen LogP contribution in [0.1, 0.15) is 5.56 Å². The van der Waals surface area contributed by atoms with E-state index in [1.807, 2.05) is 30.3 Å². The third kappa shape index (κ3) is 5.07. The van der Waals surface area contributed by atoms with Gasteiger partial charge in [0.2, 0.25) is 5.91 Å². The average Bonchev–Trinajstić information content (AvgIpc) is 2.76. The third-order valence-electron chi connectivity index (χ3n) is 4.42. The summed E-state index contributed by atoms with van der Waals surface area (Å²) in [7, 11) is 1.51. The molecular formula is C22H26N2O5. The molecule has 0 radical (unpaired) electrons. The number of nitrogens with zero attached hydrogens (tertiary/aromatic N) is 1. The SMILES string of the molecule is C=CCOc1ccccc1CN(C(=O)C(N)COC)c1ccc2c(c1)OCCO2. The van der Waals surface area contributed by atoms with E-state index in [2.05, 4.69) is 6.58 Å². The van der Waals surface area contributed by atoms with Crippen molar-refractivity contribution < 1.29 is 23.7 Å². The van der Waals surface area contributed by atoms with Gasteiger partial charge >= 0.3 is 0 Å². The minimum absolute atomic E-state index is 0.120. The molecule has 0 bridgehead atoms. The number of fused-ring (bicyclic) bond motifs is 1. The van der Waals surface area contributed by atoms with Gasteiger partial charge in [0.05, 0.1) is 13.2 Å². The number of anilines is 1. The van der Waals surface area contributed by atoms with Crippen molar-refractivity contribution in [1.82, 2.24) is 0 Å². The quantitative estimate of drug-likeness (QED) is 0.654. The van der Waals surface area contributed by atoms with Gasteiger partial charge in [-0.2, -0.15) is 0 Å². The predicted octanol–water partition coefficient (Wildman–Crippen LogP) is 2.53. The summed E-state index contributed by atoms with van der Waals surface area (Å²) in [5.41, 5.74) is 7.57. The molecule has 1 aliphatic heterocycles. The van der Waals surface area contributed by atoms with Crippen LogP contribution in [0.5, 0.6) is 17.2 Å². The number of benzene rings is 2. The van der Waals surface area contributed by atoms with Crippen LogP contribution in [0.25, 0.3) is 0 Å². The van der Waals surface area contributed by atoms with Gasteiger partial charge in [-0.25, -0.2) is 0 Å². The Morgan fingerprint density at radius 3 is 2.76 bits per heavy atom. The lowest BCUT2D eigenvalue weighted by molar-refractivity contribution is -0.121. The van der Waals surface area contributed by atoms with Crippen molar-refractivity contribution in [3.63, 3.8) is 0 Å². The van der Waals surface area contributed by atoms with Gasteiger partial charge in [-0.3, -0.25) is 4.79 Å². The lowest BCUT2D eigenvalue weighted by Crippen LogP contribution is -2.46. The molecule has 1 unspecified atom stereocenters. The normalized spacial score (nSPS) is 13.4.